The number of hydrogen-bond acceptors (Lipinski definition) is 4. The molecule has 6 nitrogen and oxygen atoms in total. The maximum Gasteiger partial charge on any atom is 0.328 e. The molecule has 0 fully saturated rings. The highest BCUT2D eigenvalue weighted by Crippen LogP contribution is 1.87. The summed E-state index contributed by atoms with van der Waals surface area (Å²) in [5, 5.41) is 17.1. The summed E-state index contributed by atoms with van der Waals surface area (Å²) in [6.07, 6.45) is 1.59. The minimum absolute atomic E-state index is 0.0482. The van der Waals surface area contributed by atoms with Crippen LogP contribution >= 0.6 is 0 Å². The van der Waals surface area contributed by atoms with Crippen molar-refractivity contribution in [3.63, 3.8) is 0 Å². The lowest BCUT2D eigenvalue weighted by molar-refractivity contribution is 0.278. The topological polar surface area (TPSA) is 98.9 Å². The third-order valence-electron chi connectivity index (χ3n) is 1.69. The minimum atomic E-state index is -0.683. The van der Waals surface area contributed by atoms with Crippen LogP contribution in [0, 0.1) is 11.3 Å². The molecule has 0 atom stereocenters. The number of nitriles is 1. The van der Waals surface area contributed by atoms with Crippen molar-refractivity contribution in [2.45, 2.75) is 13.0 Å². The summed E-state index contributed by atoms with van der Waals surface area (Å²) in [4.78, 5) is 24.1. The van der Waals surface area contributed by atoms with Gasteiger partial charge in [0.05, 0.1) is 0 Å². The molecule has 0 amide bonds. The molecule has 14 heavy (non-hydrogen) atoms. The summed E-state index contributed by atoms with van der Waals surface area (Å²) < 4.78 is 1.19. The summed E-state index contributed by atoms with van der Waals surface area (Å²) in [6.45, 7) is 0.230. The number of hydrogen-bond donors (Lipinski definition) is 2. The van der Waals surface area contributed by atoms with E-state index in [9.17, 15) is 9.59 Å². The Hall–Kier alpha value is -1.87. The molecule has 0 aliphatic heterocycles. The molecule has 0 aromatic carbocycles. The van der Waals surface area contributed by atoms with E-state index in [2.05, 4.69) is 0 Å². The number of aryl methyl sites for hydroxylation is 1. The van der Waals surface area contributed by atoms with Crippen molar-refractivity contribution in [3.8, 4) is 6.07 Å². The van der Waals surface area contributed by atoms with Gasteiger partial charge in [-0.25, -0.2) is 4.79 Å². The Morgan fingerprint density at radius 1 is 1.57 bits per heavy atom. The molecular formula is C8H9N3O3. The van der Waals surface area contributed by atoms with Crippen molar-refractivity contribution in [3.05, 3.63) is 32.6 Å². The maximum atomic E-state index is 11.1. The van der Waals surface area contributed by atoms with Crippen molar-refractivity contribution >= 4 is 0 Å². The van der Waals surface area contributed by atoms with E-state index < -0.39 is 11.2 Å². The zero-order valence-corrected chi connectivity index (χ0v) is 7.36. The van der Waals surface area contributed by atoms with Gasteiger partial charge < -0.3 is 5.11 Å². The smallest absolute Gasteiger partial charge is 0.328 e. The van der Waals surface area contributed by atoms with E-state index in [0.717, 1.165) is 0 Å². The van der Waals surface area contributed by atoms with Gasteiger partial charge in [0.15, 0.2) is 0 Å². The standard InChI is InChI=1S/C8H9N3O3/c9-4-6-5-11(2-1-3-12)8(14)10-7(6)13/h5,12H,1-3H2,(H,10,13,14). The van der Waals surface area contributed by atoms with Gasteiger partial charge in [-0.3, -0.25) is 14.3 Å². The largest absolute Gasteiger partial charge is 0.396 e. The minimum Gasteiger partial charge on any atom is -0.396 e. The summed E-state index contributed by atoms with van der Waals surface area (Å²) in [5.74, 6) is 0. The molecule has 0 saturated carbocycles. The zero-order valence-electron chi connectivity index (χ0n) is 7.36. The Balaban J connectivity index is 3.13. The molecule has 0 aliphatic carbocycles. The number of H-pyrrole nitrogens is 1. The molecule has 0 saturated heterocycles. The molecule has 1 aromatic heterocycles. The van der Waals surface area contributed by atoms with Gasteiger partial charge in [0.1, 0.15) is 11.6 Å². The fourth-order valence-corrected chi connectivity index (χ4v) is 0.996. The maximum absolute atomic E-state index is 11.1. The molecular weight excluding hydrogens is 186 g/mol. The first kappa shape index (κ1) is 10.2. The van der Waals surface area contributed by atoms with Crippen LogP contribution in [0.1, 0.15) is 12.0 Å². The van der Waals surface area contributed by atoms with Gasteiger partial charge in [-0.1, -0.05) is 0 Å². The summed E-state index contributed by atoms with van der Waals surface area (Å²) in [7, 11) is 0. The van der Waals surface area contributed by atoms with Crippen LogP contribution in [0.2, 0.25) is 0 Å². The van der Waals surface area contributed by atoms with Crippen molar-refractivity contribution in [2.75, 3.05) is 6.61 Å². The first-order chi connectivity index (χ1) is 6.69. The van der Waals surface area contributed by atoms with E-state index in [1.165, 1.54) is 10.8 Å². The highest BCUT2D eigenvalue weighted by molar-refractivity contribution is 5.21. The van der Waals surface area contributed by atoms with E-state index >= 15 is 0 Å². The molecule has 0 radical (unpaired) electrons. The second-order valence-corrected chi connectivity index (χ2v) is 2.68. The molecule has 74 valence electrons. The highest BCUT2D eigenvalue weighted by Gasteiger charge is 2.02. The van der Waals surface area contributed by atoms with Crippen molar-refractivity contribution in [1.82, 2.24) is 9.55 Å². The molecule has 2 N–H and O–H groups in total. The number of aliphatic hydroxyl groups excluding tert-OH is 1. The van der Waals surface area contributed by atoms with Gasteiger partial charge in [-0.2, -0.15) is 5.26 Å². The average Bonchev–Trinajstić information content (AvgIpc) is 2.17. The van der Waals surface area contributed by atoms with Crippen LogP contribution in [0.25, 0.3) is 0 Å². The lowest BCUT2D eigenvalue weighted by Crippen LogP contribution is -2.31. The molecule has 6 heteroatoms. The van der Waals surface area contributed by atoms with Crippen LogP contribution < -0.4 is 11.2 Å². The Labute approximate surface area is 79.1 Å². The first-order valence-corrected chi connectivity index (χ1v) is 4.03. The third kappa shape index (κ3) is 2.08. The summed E-state index contributed by atoms with van der Waals surface area (Å²) in [6, 6.07) is 1.67. The van der Waals surface area contributed by atoms with Gasteiger partial charge in [-0.05, 0) is 6.42 Å². The Morgan fingerprint density at radius 2 is 2.29 bits per heavy atom. The molecule has 0 spiro atoms. The number of rotatable bonds is 3. The summed E-state index contributed by atoms with van der Waals surface area (Å²) >= 11 is 0. The number of nitrogens with zero attached hydrogens (tertiary/aromatic N) is 2. The fourth-order valence-electron chi connectivity index (χ4n) is 0.996. The molecule has 0 unspecified atom stereocenters. The molecule has 0 aliphatic rings. The first-order valence-electron chi connectivity index (χ1n) is 4.03. The van der Waals surface area contributed by atoms with Crippen molar-refractivity contribution < 1.29 is 5.11 Å². The highest BCUT2D eigenvalue weighted by atomic mass is 16.3. The lowest BCUT2D eigenvalue weighted by Gasteiger charge is -2.02. The zero-order chi connectivity index (χ0) is 10.6. The lowest BCUT2D eigenvalue weighted by atomic mass is 10.3. The van der Waals surface area contributed by atoms with Gasteiger partial charge in [0, 0.05) is 19.3 Å². The van der Waals surface area contributed by atoms with E-state index in [-0.39, 0.29) is 18.7 Å². The van der Waals surface area contributed by atoms with Crippen LogP contribution in [0.4, 0.5) is 0 Å². The number of aromatic nitrogens is 2. The molecule has 1 rings (SSSR count). The average molecular weight is 195 g/mol. The van der Waals surface area contributed by atoms with Crippen molar-refractivity contribution in [1.29, 1.82) is 5.26 Å². The van der Waals surface area contributed by atoms with Gasteiger partial charge in [0.25, 0.3) is 5.56 Å². The Bertz CT molecular complexity index is 466. The molecule has 0 bridgehead atoms. The van der Waals surface area contributed by atoms with E-state index in [0.29, 0.717) is 6.42 Å². The number of aliphatic hydroxyl groups is 1. The Morgan fingerprint density at radius 3 is 2.86 bits per heavy atom. The van der Waals surface area contributed by atoms with Gasteiger partial charge in [0.2, 0.25) is 0 Å². The van der Waals surface area contributed by atoms with Gasteiger partial charge >= 0.3 is 5.69 Å². The predicted molar refractivity (Wildman–Crippen MR) is 47.7 cm³/mol. The van der Waals surface area contributed by atoms with E-state index in [1.54, 1.807) is 6.07 Å². The number of aromatic amines is 1. The second kappa shape index (κ2) is 4.39. The third-order valence-corrected chi connectivity index (χ3v) is 1.69. The predicted octanol–water partition coefficient (Wildman–Crippen LogP) is -1.21. The van der Waals surface area contributed by atoms with Crippen LogP contribution in [0.15, 0.2) is 15.8 Å². The number of nitrogens with one attached hydrogen (secondary N) is 1. The van der Waals surface area contributed by atoms with Crippen LogP contribution in [-0.4, -0.2) is 21.3 Å². The molecule has 1 aromatic rings. The fraction of sp³-hybridized carbons (Fsp3) is 0.375. The monoisotopic (exact) mass is 195 g/mol. The Kier molecular flexibility index (Phi) is 3.20. The quantitative estimate of drug-likeness (QED) is 0.632. The van der Waals surface area contributed by atoms with Crippen LogP contribution in [0.5, 0.6) is 0 Å². The second-order valence-electron chi connectivity index (χ2n) is 2.68. The molecule has 1 heterocycles. The van der Waals surface area contributed by atoms with Gasteiger partial charge in [-0.15, -0.1) is 0 Å². The van der Waals surface area contributed by atoms with Crippen LogP contribution in [0.3, 0.4) is 0 Å². The SMILES string of the molecule is N#Cc1cn(CCCO)c(=O)[nH]c1=O. The van der Waals surface area contributed by atoms with Crippen molar-refractivity contribution in [2.24, 2.45) is 0 Å². The van der Waals surface area contributed by atoms with E-state index in [1.807, 2.05) is 4.98 Å². The summed E-state index contributed by atoms with van der Waals surface area (Å²) in [5.41, 5.74) is -1.36. The van der Waals surface area contributed by atoms with Crippen LogP contribution in [-0.2, 0) is 6.54 Å². The normalized spacial score (nSPS) is 9.71. The van der Waals surface area contributed by atoms with E-state index in [4.69, 9.17) is 10.4 Å².